The van der Waals surface area contributed by atoms with Crippen LogP contribution in [0.15, 0.2) is 24.4 Å². The van der Waals surface area contributed by atoms with Crippen molar-refractivity contribution in [2.75, 3.05) is 0 Å². The van der Waals surface area contributed by atoms with Crippen molar-refractivity contribution in [2.45, 2.75) is 13.0 Å². The lowest BCUT2D eigenvalue weighted by molar-refractivity contribution is -0.125. The Labute approximate surface area is 87.7 Å². The van der Waals surface area contributed by atoms with Gasteiger partial charge in [0.2, 0.25) is 11.8 Å². The van der Waals surface area contributed by atoms with Crippen LogP contribution in [-0.2, 0) is 9.59 Å². The minimum absolute atomic E-state index is 0.389. The number of rotatable bonds is 4. The van der Waals surface area contributed by atoms with E-state index in [1.807, 2.05) is 0 Å². The summed E-state index contributed by atoms with van der Waals surface area (Å²) in [6.07, 6.45) is 2.88. The predicted octanol–water partition coefficient (Wildman–Crippen LogP) is -0.376. The van der Waals surface area contributed by atoms with Crippen molar-refractivity contribution in [1.82, 2.24) is 10.3 Å². The highest BCUT2D eigenvalue weighted by Crippen LogP contribution is 1.97. The molecule has 0 saturated carbocycles. The Hall–Kier alpha value is -1.91. The lowest BCUT2D eigenvalue weighted by Crippen LogP contribution is -2.42. The van der Waals surface area contributed by atoms with E-state index >= 15 is 0 Å². The Kier molecular flexibility index (Phi) is 3.79. The van der Waals surface area contributed by atoms with Crippen molar-refractivity contribution < 1.29 is 9.59 Å². The van der Waals surface area contributed by atoms with Crippen LogP contribution in [0, 0.1) is 6.42 Å². The van der Waals surface area contributed by atoms with Gasteiger partial charge in [-0.25, -0.2) is 0 Å². The number of carbonyl (C=O) groups is 2. The molecule has 0 fully saturated rings. The molecule has 0 spiro atoms. The Morgan fingerprint density at radius 2 is 2.27 bits per heavy atom. The van der Waals surface area contributed by atoms with E-state index in [0.29, 0.717) is 5.69 Å². The van der Waals surface area contributed by atoms with Crippen molar-refractivity contribution in [1.29, 1.82) is 0 Å². The normalized spacial score (nSPS) is 11.8. The summed E-state index contributed by atoms with van der Waals surface area (Å²) < 4.78 is 0. The second kappa shape index (κ2) is 5.09. The van der Waals surface area contributed by atoms with E-state index in [-0.39, 0.29) is 5.91 Å². The average molecular weight is 206 g/mol. The fraction of sp³-hybridized carbons (Fsp3) is 0.200. The molecule has 5 nitrogen and oxygen atoms in total. The third kappa shape index (κ3) is 3.76. The lowest BCUT2D eigenvalue weighted by atomic mass is 10.2. The molecule has 0 aliphatic carbocycles. The number of amides is 2. The van der Waals surface area contributed by atoms with Crippen LogP contribution in [0.5, 0.6) is 0 Å². The van der Waals surface area contributed by atoms with Gasteiger partial charge < -0.3 is 11.1 Å². The van der Waals surface area contributed by atoms with Gasteiger partial charge in [0.05, 0.1) is 12.1 Å². The van der Waals surface area contributed by atoms with Gasteiger partial charge in [-0.15, -0.1) is 0 Å². The number of aromatic nitrogens is 1. The maximum Gasteiger partial charge on any atom is 0.239 e. The standard InChI is InChI=1S/C10H12N3O2/c1-7(10(11)15)13-9(14)6-8-4-2-3-5-12-8/h2-7H,1H3,(H2,11,15)(H,13,14). The Morgan fingerprint density at radius 1 is 1.53 bits per heavy atom. The third-order valence-electron chi connectivity index (χ3n) is 1.75. The summed E-state index contributed by atoms with van der Waals surface area (Å²) in [7, 11) is 0. The van der Waals surface area contributed by atoms with Crippen LogP contribution < -0.4 is 11.1 Å². The van der Waals surface area contributed by atoms with Gasteiger partial charge in [0.25, 0.3) is 0 Å². The molecule has 0 aliphatic heterocycles. The first-order valence-electron chi connectivity index (χ1n) is 4.45. The number of pyridine rings is 1. The molecular weight excluding hydrogens is 194 g/mol. The van der Waals surface area contributed by atoms with Gasteiger partial charge in [-0.3, -0.25) is 14.6 Å². The molecule has 1 heterocycles. The monoisotopic (exact) mass is 206 g/mol. The zero-order valence-electron chi connectivity index (χ0n) is 8.31. The molecule has 1 unspecified atom stereocenters. The second-order valence-electron chi connectivity index (χ2n) is 3.03. The van der Waals surface area contributed by atoms with E-state index in [1.165, 1.54) is 13.3 Å². The van der Waals surface area contributed by atoms with Gasteiger partial charge in [-0.05, 0) is 19.1 Å². The first-order chi connectivity index (χ1) is 7.09. The number of primary amides is 1. The van der Waals surface area contributed by atoms with Crippen LogP contribution >= 0.6 is 0 Å². The van der Waals surface area contributed by atoms with Crippen molar-refractivity contribution in [3.63, 3.8) is 0 Å². The maximum absolute atomic E-state index is 11.3. The predicted molar refractivity (Wildman–Crippen MR) is 54.4 cm³/mol. The molecule has 1 aromatic rings. The number of carbonyl (C=O) groups excluding carboxylic acids is 2. The molecule has 79 valence electrons. The summed E-state index contributed by atoms with van der Waals surface area (Å²) in [5.74, 6) is -0.960. The van der Waals surface area contributed by atoms with E-state index in [2.05, 4.69) is 10.3 Å². The van der Waals surface area contributed by atoms with Crippen LogP contribution in [0.25, 0.3) is 0 Å². The third-order valence-corrected chi connectivity index (χ3v) is 1.75. The number of hydrogen-bond donors (Lipinski definition) is 2. The van der Waals surface area contributed by atoms with Gasteiger partial charge in [0.1, 0.15) is 6.04 Å². The number of nitrogens with two attached hydrogens (primary N) is 1. The SMILES string of the molecule is CC(NC(=O)[CH]c1ccccn1)C(N)=O. The molecule has 1 aromatic heterocycles. The molecule has 15 heavy (non-hydrogen) atoms. The minimum Gasteiger partial charge on any atom is -0.368 e. The van der Waals surface area contributed by atoms with E-state index in [4.69, 9.17) is 5.73 Å². The van der Waals surface area contributed by atoms with Gasteiger partial charge in [-0.2, -0.15) is 0 Å². The number of nitrogens with zero attached hydrogens (tertiary/aromatic N) is 1. The quantitative estimate of drug-likeness (QED) is 0.704. The van der Waals surface area contributed by atoms with Crippen molar-refractivity contribution in [3.05, 3.63) is 36.5 Å². The highest BCUT2D eigenvalue weighted by atomic mass is 16.2. The minimum atomic E-state index is -0.683. The molecule has 0 aliphatic rings. The average Bonchev–Trinajstić information content (AvgIpc) is 2.18. The Bertz CT molecular complexity index is 351. The van der Waals surface area contributed by atoms with Crippen molar-refractivity contribution in [3.8, 4) is 0 Å². The number of nitrogens with one attached hydrogen (secondary N) is 1. The Morgan fingerprint density at radius 3 is 2.80 bits per heavy atom. The van der Waals surface area contributed by atoms with E-state index in [1.54, 1.807) is 24.4 Å². The van der Waals surface area contributed by atoms with Gasteiger partial charge in [0.15, 0.2) is 0 Å². The van der Waals surface area contributed by atoms with Crippen LogP contribution in [0.3, 0.4) is 0 Å². The van der Waals surface area contributed by atoms with Crippen LogP contribution in [0.1, 0.15) is 12.6 Å². The van der Waals surface area contributed by atoms with Gasteiger partial charge in [0, 0.05) is 6.20 Å². The van der Waals surface area contributed by atoms with E-state index in [0.717, 1.165) is 0 Å². The highest BCUT2D eigenvalue weighted by Gasteiger charge is 2.12. The Balaban J connectivity index is 2.47. The lowest BCUT2D eigenvalue weighted by Gasteiger charge is -2.08. The second-order valence-corrected chi connectivity index (χ2v) is 3.03. The highest BCUT2D eigenvalue weighted by molar-refractivity contribution is 5.92. The maximum atomic E-state index is 11.3. The summed E-state index contributed by atoms with van der Waals surface area (Å²) >= 11 is 0. The molecule has 1 rings (SSSR count). The van der Waals surface area contributed by atoms with Crippen molar-refractivity contribution >= 4 is 11.8 Å². The first-order valence-corrected chi connectivity index (χ1v) is 4.45. The summed E-state index contributed by atoms with van der Waals surface area (Å²) in [5.41, 5.74) is 5.53. The molecule has 0 bridgehead atoms. The van der Waals surface area contributed by atoms with E-state index < -0.39 is 11.9 Å². The zero-order chi connectivity index (χ0) is 11.3. The summed E-state index contributed by atoms with van der Waals surface area (Å²) in [5, 5.41) is 2.42. The molecule has 3 N–H and O–H groups in total. The topological polar surface area (TPSA) is 85.1 Å². The van der Waals surface area contributed by atoms with Crippen LogP contribution in [0.4, 0.5) is 0 Å². The van der Waals surface area contributed by atoms with E-state index in [9.17, 15) is 9.59 Å². The van der Waals surface area contributed by atoms with Gasteiger partial charge >= 0.3 is 0 Å². The summed E-state index contributed by atoms with van der Waals surface area (Å²) in [6, 6.07) is 4.52. The van der Waals surface area contributed by atoms with Crippen LogP contribution in [-0.4, -0.2) is 22.8 Å². The summed E-state index contributed by atoms with van der Waals surface area (Å²) in [6.45, 7) is 1.52. The largest absolute Gasteiger partial charge is 0.368 e. The molecule has 0 aromatic carbocycles. The molecular formula is C10H12N3O2. The number of hydrogen-bond acceptors (Lipinski definition) is 3. The molecule has 1 radical (unpaired) electrons. The molecule has 2 amide bonds. The smallest absolute Gasteiger partial charge is 0.239 e. The summed E-state index contributed by atoms with van der Waals surface area (Å²) in [4.78, 5) is 25.9. The zero-order valence-corrected chi connectivity index (χ0v) is 8.31. The molecule has 1 atom stereocenters. The first kappa shape index (κ1) is 11.2. The molecule has 5 heteroatoms. The fourth-order valence-corrected chi connectivity index (χ4v) is 0.922. The van der Waals surface area contributed by atoms with Crippen molar-refractivity contribution in [2.24, 2.45) is 5.73 Å². The van der Waals surface area contributed by atoms with Gasteiger partial charge in [-0.1, -0.05) is 6.07 Å². The van der Waals surface area contributed by atoms with Crippen LogP contribution in [0.2, 0.25) is 0 Å². The fourth-order valence-electron chi connectivity index (χ4n) is 0.922. The molecule has 0 saturated heterocycles.